The highest BCUT2D eigenvalue weighted by atomic mass is 19.1. The van der Waals surface area contributed by atoms with Gasteiger partial charge in [-0.05, 0) is 23.8 Å². The summed E-state index contributed by atoms with van der Waals surface area (Å²) >= 11 is 0. The third-order valence-electron chi connectivity index (χ3n) is 4.12. The molecule has 0 amide bonds. The SMILES string of the molecule is OC(CN1CCOC(c2cccc(F)c2)C1)c1ccc(F)cc1F. The maximum Gasteiger partial charge on any atom is 0.131 e. The van der Waals surface area contributed by atoms with Gasteiger partial charge in [0.25, 0.3) is 0 Å². The van der Waals surface area contributed by atoms with Crippen molar-refractivity contribution in [1.82, 2.24) is 4.90 Å². The zero-order valence-corrected chi connectivity index (χ0v) is 13.0. The molecule has 2 unspecified atom stereocenters. The summed E-state index contributed by atoms with van der Waals surface area (Å²) in [5.41, 5.74) is 0.785. The first-order valence-electron chi connectivity index (χ1n) is 7.75. The van der Waals surface area contributed by atoms with Gasteiger partial charge in [0.15, 0.2) is 0 Å². The molecule has 0 aliphatic carbocycles. The van der Waals surface area contributed by atoms with E-state index in [0.717, 1.165) is 17.7 Å². The van der Waals surface area contributed by atoms with E-state index in [1.807, 2.05) is 4.90 Å². The minimum Gasteiger partial charge on any atom is -0.387 e. The normalized spacial score (nSPS) is 20.1. The number of β-amino-alcohol motifs (C(OH)–C–C–N with tert-alkyl or cyclic N) is 1. The smallest absolute Gasteiger partial charge is 0.131 e. The molecular weight excluding hydrogens is 319 g/mol. The first-order valence-corrected chi connectivity index (χ1v) is 7.75. The highest BCUT2D eigenvalue weighted by Crippen LogP contribution is 2.25. The summed E-state index contributed by atoms with van der Waals surface area (Å²) in [6, 6.07) is 9.32. The van der Waals surface area contributed by atoms with Crippen molar-refractivity contribution < 1.29 is 23.0 Å². The van der Waals surface area contributed by atoms with Crippen molar-refractivity contribution >= 4 is 0 Å². The summed E-state index contributed by atoms with van der Waals surface area (Å²) < 4.78 is 45.7. The second-order valence-electron chi connectivity index (χ2n) is 5.86. The number of rotatable bonds is 4. The Morgan fingerprint density at radius 1 is 1.12 bits per heavy atom. The maximum absolute atomic E-state index is 13.8. The van der Waals surface area contributed by atoms with E-state index in [0.29, 0.717) is 19.7 Å². The first-order chi connectivity index (χ1) is 11.5. The van der Waals surface area contributed by atoms with Gasteiger partial charge in [0, 0.05) is 31.3 Å². The second-order valence-corrected chi connectivity index (χ2v) is 5.86. The van der Waals surface area contributed by atoms with Crippen molar-refractivity contribution in [2.24, 2.45) is 0 Å². The lowest BCUT2D eigenvalue weighted by Crippen LogP contribution is -2.40. The molecule has 1 fully saturated rings. The molecular formula is C18H18F3NO2. The molecule has 1 N–H and O–H groups in total. The van der Waals surface area contributed by atoms with Crippen LogP contribution in [0.1, 0.15) is 23.3 Å². The molecule has 1 heterocycles. The first kappa shape index (κ1) is 17.0. The van der Waals surface area contributed by atoms with Crippen molar-refractivity contribution in [3.63, 3.8) is 0 Å². The summed E-state index contributed by atoms with van der Waals surface area (Å²) in [7, 11) is 0. The molecule has 6 heteroatoms. The van der Waals surface area contributed by atoms with Crippen LogP contribution in [-0.4, -0.2) is 36.2 Å². The van der Waals surface area contributed by atoms with Crippen LogP contribution in [0.25, 0.3) is 0 Å². The van der Waals surface area contributed by atoms with E-state index in [1.54, 1.807) is 12.1 Å². The Morgan fingerprint density at radius 3 is 2.67 bits per heavy atom. The largest absolute Gasteiger partial charge is 0.387 e. The molecule has 1 saturated heterocycles. The molecule has 0 spiro atoms. The third kappa shape index (κ3) is 3.95. The van der Waals surface area contributed by atoms with Crippen molar-refractivity contribution in [3.05, 3.63) is 71.0 Å². The molecule has 0 saturated carbocycles. The molecule has 2 aromatic rings. The Labute approximate surface area is 138 Å². The fourth-order valence-electron chi connectivity index (χ4n) is 2.89. The Balaban J connectivity index is 1.66. The predicted molar refractivity (Wildman–Crippen MR) is 82.9 cm³/mol. The molecule has 2 atom stereocenters. The van der Waals surface area contributed by atoms with Crippen molar-refractivity contribution in [2.75, 3.05) is 26.2 Å². The summed E-state index contributed by atoms with van der Waals surface area (Å²) in [4.78, 5) is 1.92. The molecule has 1 aliphatic rings. The van der Waals surface area contributed by atoms with E-state index in [9.17, 15) is 18.3 Å². The quantitative estimate of drug-likeness (QED) is 0.930. The van der Waals surface area contributed by atoms with Crippen LogP contribution >= 0.6 is 0 Å². The van der Waals surface area contributed by atoms with Gasteiger partial charge in [0.1, 0.15) is 17.5 Å². The van der Waals surface area contributed by atoms with Gasteiger partial charge in [-0.1, -0.05) is 18.2 Å². The van der Waals surface area contributed by atoms with Crippen molar-refractivity contribution in [3.8, 4) is 0 Å². The molecule has 1 aliphatic heterocycles. The van der Waals surface area contributed by atoms with Gasteiger partial charge in [-0.2, -0.15) is 0 Å². The van der Waals surface area contributed by atoms with E-state index in [-0.39, 0.29) is 24.0 Å². The zero-order valence-electron chi connectivity index (χ0n) is 13.0. The average molecular weight is 337 g/mol. The zero-order chi connectivity index (χ0) is 17.1. The lowest BCUT2D eigenvalue weighted by molar-refractivity contribution is -0.0427. The lowest BCUT2D eigenvalue weighted by Gasteiger charge is -2.34. The fraction of sp³-hybridized carbons (Fsp3) is 0.333. The Morgan fingerprint density at radius 2 is 1.92 bits per heavy atom. The minimum absolute atomic E-state index is 0.0604. The molecule has 0 bridgehead atoms. The van der Waals surface area contributed by atoms with Gasteiger partial charge >= 0.3 is 0 Å². The van der Waals surface area contributed by atoms with Gasteiger partial charge in [0.05, 0.1) is 18.8 Å². The van der Waals surface area contributed by atoms with Crippen LogP contribution < -0.4 is 0 Å². The van der Waals surface area contributed by atoms with Crippen LogP contribution in [0.15, 0.2) is 42.5 Å². The molecule has 3 nitrogen and oxygen atoms in total. The number of benzene rings is 2. The Bertz CT molecular complexity index is 710. The van der Waals surface area contributed by atoms with Crippen LogP contribution in [0.5, 0.6) is 0 Å². The van der Waals surface area contributed by atoms with Crippen LogP contribution in [0.4, 0.5) is 13.2 Å². The number of aliphatic hydroxyl groups excluding tert-OH is 1. The van der Waals surface area contributed by atoms with Crippen molar-refractivity contribution in [1.29, 1.82) is 0 Å². The highest BCUT2D eigenvalue weighted by molar-refractivity contribution is 5.22. The van der Waals surface area contributed by atoms with Gasteiger partial charge in [-0.25, -0.2) is 13.2 Å². The molecule has 24 heavy (non-hydrogen) atoms. The number of aliphatic hydroxyl groups is 1. The fourth-order valence-corrected chi connectivity index (χ4v) is 2.89. The van der Waals surface area contributed by atoms with Gasteiger partial charge in [-0.15, -0.1) is 0 Å². The number of nitrogens with zero attached hydrogens (tertiary/aromatic N) is 1. The molecule has 2 aromatic carbocycles. The van der Waals surface area contributed by atoms with Crippen LogP contribution in [0.2, 0.25) is 0 Å². The molecule has 3 rings (SSSR count). The number of morpholine rings is 1. The van der Waals surface area contributed by atoms with Crippen molar-refractivity contribution in [2.45, 2.75) is 12.2 Å². The lowest BCUT2D eigenvalue weighted by atomic mass is 10.1. The van der Waals surface area contributed by atoms with E-state index in [4.69, 9.17) is 4.74 Å². The summed E-state index contributed by atoms with van der Waals surface area (Å²) in [5.74, 6) is -1.78. The van der Waals surface area contributed by atoms with Gasteiger partial charge < -0.3 is 9.84 Å². The highest BCUT2D eigenvalue weighted by Gasteiger charge is 2.25. The summed E-state index contributed by atoms with van der Waals surface area (Å²) in [6.45, 7) is 1.66. The number of hydrogen-bond donors (Lipinski definition) is 1. The standard InChI is InChI=1S/C18H18F3NO2/c19-13-3-1-2-12(8-13)18-11-22(6-7-24-18)10-17(23)15-5-4-14(20)9-16(15)21/h1-5,8-9,17-18,23H,6-7,10-11H2. The number of hydrogen-bond acceptors (Lipinski definition) is 3. The summed E-state index contributed by atoms with van der Waals surface area (Å²) in [5, 5.41) is 10.2. The van der Waals surface area contributed by atoms with E-state index >= 15 is 0 Å². The molecule has 128 valence electrons. The summed E-state index contributed by atoms with van der Waals surface area (Å²) in [6.07, 6.45) is -1.38. The van der Waals surface area contributed by atoms with Gasteiger partial charge in [0.2, 0.25) is 0 Å². The van der Waals surface area contributed by atoms with Crippen LogP contribution in [0, 0.1) is 17.5 Å². The second kappa shape index (κ2) is 7.34. The van der Waals surface area contributed by atoms with E-state index < -0.39 is 17.7 Å². The molecule has 0 aromatic heterocycles. The number of ether oxygens (including phenoxy) is 1. The monoisotopic (exact) mass is 337 g/mol. The van der Waals surface area contributed by atoms with E-state index in [2.05, 4.69) is 0 Å². The van der Waals surface area contributed by atoms with Gasteiger partial charge in [-0.3, -0.25) is 4.90 Å². The number of halogens is 3. The topological polar surface area (TPSA) is 32.7 Å². The minimum atomic E-state index is -1.07. The van der Waals surface area contributed by atoms with Crippen LogP contribution in [0.3, 0.4) is 0 Å². The maximum atomic E-state index is 13.8. The van der Waals surface area contributed by atoms with E-state index in [1.165, 1.54) is 18.2 Å². The molecule has 0 radical (unpaired) electrons. The third-order valence-corrected chi connectivity index (χ3v) is 4.12. The predicted octanol–water partition coefficient (Wildman–Crippen LogP) is 3.21. The Kier molecular flexibility index (Phi) is 5.18. The average Bonchev–Trinajstić information content (AvgIpc) is 2.55. The Hall–Kier alpha value is -1.89. The van der Waals surface area contributed by atoms with Crippen LogP contribution in [-0.2, 0) is 4.74 Å².